The second-order valence-electron chi connectivity index (χ2n) is 5.99. The summed E-state index contributed by atoms with van der Waals surface area (Å²) in [6.07, 6.45) is 1.88. The van der Waals surface area contributed by atoms with E-state index >= 15 is 0 Å². The molecule has 0 saturated heterocycles. The maximum Gasteiger partial charge on any atom is 0.245 e. The van der Waals surface area contributed by atoms with Gasteiger partial charge in [-0.3, -0.25) is 9.36 Å². The van der Waals surface area contributed by atoms with Crippen molar-refractivity contribution in [2.45, 2.75) is 13.1 Å². The van der Waals surface area contributed by atoms with Crippen molar-refractivity contribution in [2.24, 2.45) is 0 Å². The third-order valence-electron chi connectivity index (χ3n) is 4.36. The minimum absolute atomic E-state index is 0.0996. The van der Waals surface area contributed by atoms with Crippen molar-refractivity contribution in [3.05, 3.63) is 59.8 Å². The smallest absolute Gasteiger partial charge is 0.245 e. The highest BCUT2D eigenvalue weighted by Crippen LogP contribution is 2.30. The summed E-state index contributed by atoms with van der Waals surface area (Å²) in [5.41, 5.74) is 5.88. The van der Waals surface area contributed by atoms with Crippen LogP contribution in [0.4, 0.5) is 0 Å². The fraction of sp³-hybridized carbons (Fsp3) is 0.211. The summed E-state index contributed by atoms with van der Waals surface area (Å²) in [7, 11) is 1.96. The Morgan fingerprint density at radius 3 is 2.91 bits per heavy atom. The minimum Gasteiger partial charge on any atom is -0.316 e. The van der Waals surface area contributed by atoms with E-state index in [0.717, 1.165) is 24.0 Å². The topological polar surface area (TPSA) is 46.1 Å². The van der Waals surface area contributed by atoms with Gasteiger partial charge in [0.05, 0.1) is 12.1 Å². The maximum absolute atomic E-state index is 12.1. The number of carbonyl (C=O) groups excluding carboxylic acids is 1. The van der Waals surface area contributed by atoms with E-state index in [4.69, 9.17) is 0 Å². The molecule has 0 radical (unpaired) electrons. The maximum atomic E-state index is 12.1. The van der Waals surface area contributed by atoms with Crippen molar-refractivity contribution < 1.29 is 4.79 Å². The Hall–Kier alpha value is -2.43. The van der Waals surface area contributed by atoms with Crippen molar-refractivity contribution >= 4 is 16.8 Å². The first-order chi connectivity index (χ1) is 11.3. The van der Waals surface area contributed by atoms with Crippen molar-refractivity contribution in [3.8, 4) is 11.1 Å². The van der Waals surface area contributed by atoms with E-state index in [0.29, 0.717) is 6.54 Å². The fourth-order valence-corrected chi connectivity index (χ4v) is 3.33. The van der Waals surface area contributed by atoms with Crippen LogP contribution in [0.1, 0.15) is 15.9 Å². The molecule has 0 spiro atoms. The van der Waals surface area contributed by atoms with E-state index in [9.17, 15) is 4.79 Å². The number of hydrogen-bond donors (Lipinski definition) is 2. The Labute approximate surface area is 135 Å². The summed E-state index contributed by atoms with van der Waals surface area (Å²) >= 11 is 0. The molecule has 4 rings (SSSR count). The summed E-state index contributed by atoms with van der Waals surface area (Å²) in [5, 5.41) is 7.53. The zero-order valence-electron chi connectivity index (χ0n) is 13.1. The van der Waals surface area contributed by atoms with Gasteiger partial charge in [-0.15, -0.1) is 0 Å². The molecule has 0 saturated carbocycles. The van der Waals surface area contributed by atoms with Gasteiger partial charge in [-0.1, -0.05) is 18.2 Å². The lowest BCUT2D eigenvalue weighted by Gasteiger charge is -2.09. The van der Waals surface area contributed by atoms with Gasteiger partial charge in [0.25, 0.3) is 0 Å². The van der Waals surface area contributed by atoms with Crippen LogP contribution in [0.5, 0.6) is 0 Å². The molecule has 0 aliphatic carbocycles. The van der Waals surface area contributed by atoms with Gasteiger partial charge in [0.1, 0.15) is 0 Å². The summed E-state index contributed by atoms with van der Waals surface area (Å²) in [6.45, 7) is 1.96. The van der Waals surface area contributed by atoms with Gasteiger partial charge in [0.15, 0.2) is 0 Å². The van der Waals surface area contributed by atoms with Gasteiger partial charge in [0, 0.05) is 24.7 Å². The molecule has 0 unspecified atom stereocenters. The molecule has 0 amide bonds. The van der Waals surface area contributed by atoms with E-state index in [1.807, 2.05) is 19.3 Å². The third kappa shape index (κ3) is 2.46. The van der Waals surface area contributed by atoms with Crippen LogP contribution in [0.3, 0.4) is 0 Å². The van der Waals surface area contributed by atoms with Gasteiger partial charge >= 0.3 is 0 Å². The number of carbonyl (C=O) groups is 1. The van der Waals surface area contributed by atoms with Crippen molar-refractivity contribution in [3.63, 3.8) is 0 Å². The van der Waals surface area contributed by atoms with E-state index < -0.39 is 0 Å². The predicted molar refractivity (Wildman–Crippen MR) is 92.5 cm³/mol. The molecule has 1 aromatic heterocycles. The second kappa shape index (κ2) is 5.65. The minimum atomic E-state index is 0.0996. The number of nitrogens with one attached hydrogen (secondary N) is 2. The highest BCUT2D eigenvalue weighted by atomic mass is 16.2. The average molecular weight is 305 g/mol. The Kier molecular flexibility index (Phi) is 3.48. The molecular weight excluding hydrogens is 286 g/mol. The van der Waals surface area contributed by atoms with E-state index in [2.05, 4.69) is 47.0 Å². The molecule has 1 aliphatic heterocycles. The van der Waals surface area contributed by atoms with Gasteiger partial charge < -0.3 is 10.6 Å². The summed E-state index contributed by atoms with van der Waals surface area (Å²) in [4.78, 5) is 12.1. The number of rotatable bonds is 3. The number of benzene rings is 2. The molecule has 23 heavy (non-hydrogen) atoms. The van der Waals surface area contributed by atoms with Crippen LogP contribution >= 0.6 is 0 Å². The zero-order valence-corrected chi connectivity index (χ0v) is 13.1. The normalized spacial score (nSPS) is 14.2. The highest BCUT2D eigenvalue weighted by molar-refractivity contribution is 5.97. The molecule has 0 fully saturated rings. The number of nitrogens with zero attached hydrogens (tertiary/aromatic N) is 1. The van der Waals surface area contributed by atoms with E-state index in [-0.39, 0.29) is 5.91 Å². The molecule has 2 aromatic carbocycles. The van der Waals surface area contributed by atoms with E-state index in [1.54, 1.807) is 4.57 Å². The second-order valence-corrected chi connectivity index (χ2v) is 5.99. The standard InChI is InChI=1S/C19H19N3O/c1-20-10-13-3-2-4-14(7-13)16-8-15-5-6-22-18(23)12-21-11-17(9-16)19(15)22/h2-9,20-21H,10-12H2,1H3. The van der Waals surface area contributed by atoms with Gasteiger partial charge in [-0.05, 0) is 53.6 Å². The lowest BCUT2D eigenvalue weighted by molar-refractivity contribution is 0.0920. The molecule has 4 nitrogen and oxygen atoms in total. The van der Waals surface area contributed by atoms with E-state index in [1.165, 1.54) is 22.3 Å². The molecule has 0 atom stereocenters. The molecule has 3 aromatic rings. The molecule has 2 N–H and O–H groups in total. The lowest BCUT2D eigenvalue weighted by atomic mass is 9.99. The van der Waals surface area contributed by atoms with Crippen LogP contribution in [0.15, 0.2) is 48.7 Å². The number of hydrogen-bond acceptors (Lipinski definition) is 3. The third-order valence-corrected chi connectivity index (χ3v) is 4.36. The molecule has 2 heterocycles. The summed E-state index contributed by atoms with van der Waals surface area (Å²) in [6, 6.07) is 15.0. The Morgan fingerprint density at radius 2 is 2.04 bits per heavy atom. The Balaban J connectivity index is 1.87. The van der Waals surface area contributed by atoms with Gasteiger partial charge in [0.2, 0.25) is 5.91 Å². The predicted octanol–water partition coefficient (Wildman–Crippen LogP) is 2.77. The van der Waals surface area contributed by atoms with Gasteiger partial charge in [-0.25, -0.2) is 0 Å². The van der Waals surface area contributed by atoms with Crippen LogP contribution in [-0.4, -0.2) is 24.1 Å². The van der Waals surface area contributed by atoms with Crippen LogP contribution in [0.25, 0.3) is 22.0 Å². The molecule has 4 heteroatoms. The van der Waals surface area contributed by atoms with Crippen molar-refractivity contribution in [2.75, 3.05) is 13.6 Å². The Morgan fingerprint density at radius 1 is 1.13 bits per heavy atom. The number of aromatic nitrogens is 1. The van der Waals surface area contributed by atoms with Gasteiger partial charge in [-0.2, -0.15) is 0 Å². The molecule has 0 bridgehead atoms. The zero-order chi connectivity index (χ0) is 15.8. The summed E-state index contributed by atoms with van der Waals surface area (Å²) < 4.78 is 1.77. The van der Waals surface area contributed by atoms with Crippen LogP contribution in [0.2, 0.25) is 0 Å². The Bertz CT molecular complexity index is 895. The first-order valence-electron chi connectivity index (χ1n) is 7.88. The molecular formula is C19H19N3O. The average Bonchev–Trinajstić information content (AvgIpc) is 2.92. The van der Waals surface area contributed by atoms with Crippen molar-refractivity contribution in [1.29, 1.82) is 0 Å². The van der Waals surface area contributed by atoms with Crippen LogP contribution in [0, 0.1) is 0 Å². The summed E-state index contributed by atoms with van der Waals surface area (Å²) in [5.74, 6) is 0.0996. The SMILES string of the molecule is CNCc1cccc(-c2cc3c4c(ccn4C(=O)CNC3)c2)c1. The quantitative estimate of drug-likeness (QED) is 0.782. The molecule has 116 valence electrons. The largest absolute Gasteiger partial charge is 0.316 e. The van der Waals surface area contributed by atoms with Crippen molar-refractivity contribution in [1.82, 2.24) is 15.2 Å². The molecule has 1 aliphatic rings. The fourth-order valence-electron chi connectivity index (χ4n) is 3.33. The highest BCUT2D eigenvalue weighted by Gasteiger charge is 2.17. The monoisotopic (exact) mass is 305 g/mol. The van der Waals surface area contributed by atoms with Crippen LogP contribution in [-0.2, 0) is 13.1 Å². The van der Waals surface area contributed by atoms with Crippen LogP contribution < -0.4 is 10.6 Å². The first kappa shape index (κ1) is 14.2. The lowest BCUT2D eigenvalue weighted by Crippen LogP contribution is -2.23. The first-order valence-corrected chi connectivity index (χ1v) is 7.88.